The van der Waals surface area contributed by atoms with Gasteiger partial charge >= 0.3 is 0 Å². The Hall–Kier alpha value is -3.34. The minimum atomic E-state index is -0.330. The second-order valence-electron chi connectivity index (χ2n) is 9.64. The highest BCUT2D eigenvalue weighted by molar-refractivity contribution is 6.06. The first-order chi connectivity index (χ1) is 17.0. The lowest BCUT2D eigenvalue weighted by molar-refractivity contribution is -0.117. The lowest BCUT2D eigenvalue weighted by Gasteiger charge is -2.43. The molecule has 2 aliphatic carbocycles. The summed E-state index contributed by atoms with van der Waals surface area (Å²) >= 11 is 0. The predicted molar refractivity (Wildman–Crippen MR) is 135 cm³/mol. The maximum atomic E-state index is 13.3. The van der Waals surface area contributed by atoms with Crippen molar-refractivity contribution in [3.05, 3.63) is 81.7 Å². The molecule has 0 aromatic heterocycles. The first-order valence-corrected chi connectivity index (χ1v) is 12.7. The second-order valence-corrected chi connectivity index (χ2v) is 9.64. The number of nitrogens with zero attached hydrogens (tertiary/aromatic N) is 1. The van der Waals surface area contributed by atoms with Crippen LogP contribution in [0.25, 0.3) is 0 Å². The van der Waals surface area contributed by atoms with Crippen molar-refractivity contribution in [1.29, 1.82) is 0 Å². The summed E-state index contributed by atoms with van der Waals surface area (Å²) in [5.41, 5.74) is 7.05. The second kappa shape index (κ2) is 9.73. The molecule has 0 radical (unpaired) electrons. The number of allylic oxidation sites excluding steroid dienone is 4. The fraction of sp³-hybridized carbons (Fsp3) is 0.400. The van der Waals surface area contributed by atoms with E-state index in [1.807, 2.05) is 18.2 Å². The summed E-state index contributed by atoms with van der Waals surface area (Å²) < 4.78 is 11.8. The molecule has 5 rings (SSSR count). The molecular formula is C30H33NO4. The van der Waals surface area contributed by atoms with Crippen LogP contribution in [0.2, 0.25) is 0 Å². The van der Waals surface area contributed by atoms with Crippen LogP contribution in [0.15, 0.2) is 65.0 Å². The average Bonchev–Trinajstić information content (AvgIpc) is 2.87. The molecule has 0 saturated heterocycles. The van der Waals surface area contributed by atoms with Crippen LogP contribution in [-0.2, 0) is 16.2 Å². The third-order valence-corrected chi connectivity index (χ3v) is 7.44. The van der Waals surface area contributed by atoms with Crippen LogP contribution in [0.3, 0.4) is 0 Å². The highest BCUT2D eigenvalue weighted by Crippen LogP contribution is 2.49. The normalized spacial score (nSPS) is 18.5. The fourth-order valence-electron chi connectivity index (χ4n) is 5.76. The largest absolute Gasteiger partial charge is 0.493 e. The van der Waals surface area contributed by atoms with Gasteiger partial charge in [0.15, 0.2) is 23.1 Å². The third kappa shape index (κ3) is 4.29. The van der Waals surface area contributed by atoms with E-state index in [0.29, 0.717) is 30.9 Å². The quantitative estimate of drug-likeness (QED) is 0.516. The molecule has 35 heavy (non-hydrogen) atoms. The number of benzene rings is 2. The zero-order chi connectivity index (χ0) is 24.5. The van der Waals surface area contributed by atoms with E-state index in [4.69, 9.17) is 9.47 Å². The summed E-state index contributed by atoms with van der Waals surface area (Å²) in [5.74, 6) is 1.26. The van der Waals surface area contributed by atoms with E-state index in [-0.39, 0.29) is 17.5 Å². The zero-order valence-corrected chi connectivity index (χ0v) is 20.9. The minimum Gasteiger partial charge on any atom is -0.493 e. The summed E-state index contributed by atoms with van der Waals surface area (Å²) in [5, 5.41) is 0. The van der Waals surface area contributed by atoms with Crippen LogP contribution in [-0.4, -0.2) is 30.1 Å². The number of hydrogen-bond donors (Lipinski definition) is 0. The van der Waals surface area contributed by atoms with Crippen molar-refractivity contribution in [3.63, 3.8) is 0 Å². The monoisotopic (exact) mass is 471 g/mol. The number of Topliss-reactive ketones (excluding diaryl/α,β-unsaturated/α-hetero) is 2. The Balaban J connectivity index is 1.54. The molecular weight excluding hydrogens is 438 g/mol. The predicted octanol–water partition coefficient (Wildman–Crippen LogP) is 6.02. The van der Waals surface area contributed by atoms with E-state index in [9.17, 15) is 9.59 Å². The van der Waals surface area contributed by atoms with Crippen LogP contribution in [0, 0.1) is 6.92 Å². The number of ether oxygens (including phenoxy) is 2. The van der Waals surface area contributed by atoms with Gasteiger partial charge in [0.1, 0.15) is 6.61 Å². The molecule has 2 aromatic carbocycles. The summed E-state index contributed by atoms with van der Waals surface area (Å²) in [4.78, 5) is 28.8. The van der Waals surface area contributed by atoms with Crippen molar-refractivity contribution in [3.8, 4) is 11.5 Å². The Labute approximate surface area is 207 Å². The van der Waals surface area contributed by atoms with Gasteiger partial charge in [-0.15, -0.1) is 0 Å². The van der Waals surface area contributed by atoms with Crippen molar-refractivity contribution in [2.75, 3.05) is 13.7 Å². The Bertz CT molecular complexity index is 1180. The molecule has 5 nitrogen and oxygen atoms in total. The van der Waals surface area contributed by atoms with Gasteiger partial charge in [0.2, 0.25) is 0 Å². The van der Waals surface area contributed by atoms with Gasteiger partial charge in [-0.3, -0.25) is 9.59 Å². The van der Waals surface area contributed by atoms with Crippen molar-refractivity contribution in [1.82, 2.24) is 4.90 Å². The SMILES string of the molecule is CCN1C2=C(C(=O)CCC2)C(c2ccc(OCc3ccc(C)cc3)c(OC)c2)C2=C1CCCC2=O. The number of hydrogen-bond acceptors (Lipinski definition) is 5. The van der Waals surface area contributed by atoms with E-state index in [1.54, 1.807) is 7.11 Å². The van der Waals surface area contributed by atoms with Crippen molar-refractivity contribution in [2.45, 2.75) is 64.9 Å². The topological polar surface area (TPSA) is 55.8 Å². The average molecular weight is 472 g/mol. The Morgan fingerprint density at radius 1 is 0.857 bits per heavy atom. The van der Waals surface area contributed by atoms with E-state index in [0.717, 1.165) is 65.9 Å². The van der Waals surface area contributed by atoms with Crippen LogP contribution in [0.4, 0.5) is 0 Å². The first-order valence-electron chi connectivity index (χ1n) is 12.7. The maximum absolute atomic E-state index is 13.3. The van der Waals surface area contributed by atoms with Crippen molar-refractivity contribution < 1.29 is 19.1 Å². The van der Waals surface area contributed by atoms with Crippen LogP contribution in [0.5, 0.6) is 11.5 Å². The molecule has 1 heterocycles. The standard InChI is InChI=1S/C30H33NO4/c1-4-31-22-7-5-9-24(32)29(22)28(30-23(31)8-6-10-25(30)33)21-15-16-26(27(17-21)34-3)35-18-20-13-11-19(2)12-14-20/h11-17,28H,4-10,18H2,1-3H3. The lowest BCUT2D eigenvalue weighted by atomic mass is 9.71. The van der Waals surface area contributed by atoms with Crippen molar-refractivity contribution in [2.24, 2.45) is 0 Å². The number of aryl methyl sites for hydroxylation is 1. The molecule has 0 unspecified atom stereocenters. The lowest BCUT2D eigenvalue weighted by Crippen LogP contribution is -2.39. The van der Waals surface area contributed by atoms with Gasteiger partial charge in [0, 0.05) is 47.8 Å². The van der Waals surface area contributed by atoms with Gasteiger partial charge in [0.05, 0.1) is 7.11 Å². The molecule has 0 atom stereocenters. The Kier molecular flexibility index (Phi) is 6.50. The molecule has 0 amide bonds. The number of carbonyl (C=O) groups is 2. The highest BCUT2D eigenvalue weighted by atomic mass is 16.5. The smallest absolute Gasteiger partial charge is 0.161 e. The Morgan fingerprint density at radius 3 is 2.06 bits per heavy atom. The van der Waals surface area contributed by atoms with Crippen LogP contribution in [0.1, 0.15) is 68.1 Å². The molecule has 1 aliphatic heterocycles. The molecule has 3 aliphatic rings. The summed E-state index contributed by atoms with van der Waals surface area (Å²) in [6.07, 6.45) is 4.58. The highest BCUT2D eigenvalue weighted by Gasteiger charge is 2.43. The molecule has 0 bridgehead atoms. The number of methoxy groups -OCH3 is 1. The first kappa shape index (κ1) is 23.4. The minimum absolute atomic E-state index is 0.165. The van der Waals surface area contributed by atoms with E-state index < -0.39 is 0 Å². The molecule has 2 aromatic rings. The molecule has 5 heteroatoms. The molecule has 182 valence electrons. The van der Waals surface area contributed by atoms with E-state index in [2.05, 4.69) is 43.0 Å². The molecule has 0 spiro atoms. The maximum Gasteiger partial charge on any atom is 0.161 e. The van der Waals surface area contributed by atoms with E-state index in [1.165, 1.54) is 5.56 Å². The molecule has 0 saturated carbocycles. The number of carbonyl (C=O) groups excluding carboxylic acids is 2. The van der Waals surface area contributed by atoms with Gasteiger partial charge in [-0.1, -0.05) is 35.9 Å². The van der Waals surface area contributed by atoms with Gasteiger partial charge in [-0.2, -0.15) is 0 Å². The molecule has 0 fully saturated rings. The Morgan fingerprint density at radius 2 is 1.49 bits per heavy atom. The van der Waals surface area contributed by atoms with Gasteiger partial charge in [-0.25, -0.2) is 0 Å². The number of rotatable bonds is 6. The summed E-state index contributed by atoms with van der Waals surface area (Å²) in [6.45, 7) is 5.39. The summed E-state index contributed by atoms with van der Waals surface area (Å²) in [7, 11) is 1.63. The fourth-order valence-corrected chi connectivity index (χ4v) is 5.76. The zero-order valence-electron chi connectivity index (χ0n) is 20.9. The van der Waals surface area contributed by atoms with Crippen molar-refractivity contribution >= 4 is 11.6 Å². The van der Waals surface area contributed by atoms with Gasteiger partial charge in [-0.05, 0) is 62.8 Å². The van der Waals surface area contributed by atoms with E-state index >= 15 is 0 Å². The summed E-state index contributed by atoms with van der Waals surface area (Å²) in [6, 6.07) is 14.1. The van der Waals surface area contributed by atoms with Crippen LogP contribution >= 0.6 is 0 Å². The van der Waals surface area contributed by atoms with Crippen LogP contribution < -0.4 is 9.47 Å². The van der Waals surface area contributed by atoms with Gasteiger partial charge in [0.25, 0.3) is 0 Å². The third-order valence-electron chi connectivity index (χ3n) is 7.44. The van der Waals surface area contributed by atoms with Gasteiger partial charge < -0.3 is 14.4 Å². The number of ketones is 2. The molecule has 0 N–H and O–H groups in total.